The highest BCUT2D eigenvalue weighted by molar-refractivity contribution is 9.10. The monoisotopic (exact) mass is 363 g/mol. The number of carbonyl (C=O) groups is 1. The molecular formula is C12H11BrClNO3S. The van der Waals surface area contributed by atoms with Crippen LogP contribution in [0, 0.1) is 12.3 Å². The van der Waals surface area contributed by atoms with Gasteiger partial charge in [0.25, 0.3) is 15.0 Å². The van der Waals surface area contributed by atoms with E-state index in [9.17, 15) is 13.2 Å². The lowest BCUT2D eigenvalue weighted by molar-refractivity contribution is 0.0784. The molecule has 0 saturated heterocycles. The standard InChI is InChI=1S/C12H11BrClNO3S/c1-3-5-15(4-2)12(16)9-6-10(13)8-11(7-9)19(14,17)18/h1,6-8H,4-5H2,2H3. The third-order valence-corrected chi connectivity index (χ3v) is 4.14. The first-order valence-corrected chi connectivity index (χ1v) is 8.37. The predicted octanol–water partition coefficient (Wildman–Crippen LogP) is 2.47. The van der Waals surface area contributed by atoms with Gasteiger partial charge in [0.1, 0.15) is 0 Å². The average molecular weight is 365 g/mol. The van der Waals surface area contributed by atoms with Crippen LogP contribution in [-0.2, 0) is 9.05 Å². The fourth-order valence-corrected chi connectivity index (χ4v) is 2.89. The summed E-state index contributed by atoms with van der Waals surface area (Å²) in [5.41, 5.74) is 0.214. The maximum atomic E-state index is 12.2. The van der Waals surface area contributed by atoms with Crippen molar-refractivity contribution in [1.29, 1.82) is 0 Å². The molecule has 0 heterocycles. The highest BCUT2D eigenvalue weighted by Crippen LogP contribution is 2.23. The second-order valence-electron chi connectivity index (χ2n) is 3.64. The van der Waals surface area contributed by atoms with Gasteiger partial charge in [-0.25, -0.2) is 8.42 Å². The maximum absolute atomic E-state index is 12.2. The molecule has 0 radical (unpaired) electrons. The average Bonchev–Trinajstić information content (AvgIpc) is 2.33. The van der Waals surface area contributed by atoms with Gasteiger partial charge < -0.3 is 4.90 Å². The zero-order valence-corrected chi connectivity index (χ0v) is 13.2. The second-order valence-corrected chi connectivity index (χ2v) is 7.12. The summed E-state index contributed by atoms with van der Waals surface area (Å²) >= 11 is 3.15. The molecule has 4 nitrogen and oxygen atoms in total. The summed E-state index contributed by atoms with van der Waals surface area (Å²) in [6, 6.07) is 4.08. The van der Waals surface area contributed by atoms with Gasteiger partial charge in [-0.05, 0) is 25.1 Å². The van der Waals surface area contributed by atoms with Gasteiger partial charge in [0, 0.05) is 27.3 Å². The molecule has 0 fully saturated rings. The zero-order valence-electron chi connectivity index (χ0n) is 10.1. The van der Waals surface area contributed by atoms with Crippen LogP contribution in [0.3, 0.4) is 0 Å². The van der Waals surface area contributed by atoms with Gasteiger partial charge in [0.05, 0.1) is 11.4 Å². The van der Waals surface area contributed by atoms with Crippen LogP contribution in [0.1, 0.15) is 17.3 Å². The van der Waals surface area contributed by atoms with E-state index in [-0.39, 0.29) is 22.9 Å². The third-order valence-electron chi connectivity index (χ3n) is 2.35. The molecule has 19 heavy (non-hydrogen) atoms. The number of hydrogen-bond acceptors (Lipinski definition) is 3. The molecule has 0 aromatic heterocycles. The summed E-state index contributed by atoms with van der Waals surface area (Å²) in [6.07, 6.45) is 5.18. The Labute approximate surface area is 125 Å². The number of nitrogens with zero attached hydrogens (tertiary/aromatic N) is 1. The molecule has 1 rings (SSSR count). The van der Waals surface area contributed by atoms with Crippen molar-refractivity contribution in [2.75, 3.05) is 13.1 Å². The van der Waals surface area contributed by atoms with E-state index in [0.717, 1.165) is 0 Å². The largest absolute Gasteiger partial charge is 0.328 e. The normalized spacial score (nSPS) is 10.8. The van der Waals surface area contributed by atoms with Crippen molar-refractivity contribution in [2.24, 2.45) is 0 Å². The molecule has 0 bridgehead atoms. The van der Waals surface area contributed by atoms with Crippen molar-refractivity contribution in [2.45, 2.75) is 11.8 Å². The third kappa shape index (κ3) is 4.23. The fraction of sp³-hybridized carbons (Fsp3) is 0.250. The fourth-order valence-electron chi connectivity index (χ4n) is 1.45. The van der Waals surface area contributed by atoms with E-state index >= 15 is 0 Å². The Morgan fingerprint density at radius 3 is 2.58 bits per heavy atom. The number of benzene rings is 1. The summed E-state index contributed by atoms with van der Waals surface area (Å²) in [4.78, 5) is 13.5. The van der Waals surface area contributed by atoms with Crippen LogP contribution in [0.4, 0.5) is 0 Å². The number of amides is 1. The maximum Gasteiger partial charge on any atom is 0.261 e. The highest BCUT2D eigenvalue weighted by Gasteiger charge is 2.18. The van der Waals surface area contributed by atoms with Crippen LogP contribution < -0.4 is 0 Å². The lowest BCUT2D eigenvalue weighted by Gasteiger charge is -2.18. The number of halogens is 2. The Hall–Kier alpha value is -1.03. The van der Waals surface area contributed by atoms with Crippen LogP contribution in [0.5, 0.6) is 0 Å². The molecule has 0 atom stereocenters. The van der Waals surface area contributed by atoms with Crippen molar-refractivity contribution in [3.8, 4) is 12.3 Å². The molecule has 0 aliphatic heterocycles. The van der Waals surface area contributed by atoms with E-state index in [0.29, 0.717) is 11.0 Å². The molecule has 0 N–H and O–H groups in total. The number of carbonyl (C=O) groups excluding carboxylic acids is 1. The Kier molecular flexibility index (Phi) is 5.41. The molecule has 1 amide bonds. The van der Waals surface area contributed by atoms with Gasteiger partial charge in [-0.15, -0.1) is 6.42 Å². The summed E-state index contributed by atoms with van der Waals surface area (Å²) < 4.78 is 23.1. The van der Waals surface area contributed by atoms with E-state index in [4.69, 9.17) is 17.1 Å². The smallest absolute Gasteiger partial charge is 0.261 e. The summed E-state index contributed by atoms with van der Waals surface area (Å²) in [5.74, 6) is 2.03. The van der Waals surface area contributed by atoms with Gasteiger partial charge in [0.15, 0.2) is 0 Å². The molecule has 102 valence electrons. The van der Waals surface area contributed by atoms with E-state index in [1.807, 2.05) is 0 Å². The van der Waals surface area contributed by atoms with Gasteiger partial charge in [-0.2, -0.15) is 0 Å². The molecule has 0 aliphatic rings. The molecule has 1 aromatic carbocycles. The predicted molar refractivity (Wildman–Crippen MR) is 77.6 cm³/mol. The SMILES string of the molecule is C#CCN(CC)C(=O)c1cc(Br)cc(S(=O)(=O)Cl)c1. The topological polar surface area (TPSA) is 54.5 Å². The van der Waals surface area contributed by atoms with Crippen molar-refractivity contribution in [3.05, 3.63) is 28.2 Å². The molecular weight excluding hydrogens is 354 g/mol. The molecule has 0 unspecified atom stereocenters. The summed E-state index contributed by atoms with van der Waals surface area (Å²) in [7, 11) is 1.38. The Balaban J connectivity index is 3.25. The number of hydrogen-bond donors (Lipinski definition) is 0. The summed E-state index contributed by atoms with van der Waals surface area (Å²) in [5, 5.41) is 0. The Morgan fingerprint density at radius 2 is 2.11 bits per heavy atom. The Bertz CT molecular complexity index is 637. The minimum atomic E-state index is -3.89. The van der Waals surface area contributed by atoms with Gasteiger partial charge in [-0.1, -0.05) is 21.9 Å². The molecule has 7 heteroatoms. The van der Waals surface area contributed by atoms with Gasteiger partial charge in [0.2, 0.25) is 0 Å². The number of rotatable bonds is 4. The van der Waals surface area contributed by atoms with Crippen LogP contribution in [-0.4, -0.2) is 32.3 Å². The van der Waals surface area contributed by atoms with E-state index in [1.54, 1.807) is 6.92 Å². The van der Waals surface area contributed by atoms with Crippen LogP contribution in [0.15, 0.2) is 27.6 Å². The van der Waals surface area contributed by atoms with Gasteiger partial charge in [-0.3, -0.25) is 4.79 Å². The van der Waals surface area contributed by atoms with Crippen LogP contribution in [0.25, 0.3) is 0 Å². The minimum absolute atomic E-state index is 0.136. The van der Waals surface area contributed by atoms with Crippen LogP contribution in [0.2, 0.25) is 0 Å². The lowest BCUT2D eigenvalue weighted by Crippen LogP contribution is -2.31. The Morgan fingerprint density at radius 1 is 1.47 bits per heavy atom. The van der Waals surface area contributed by atoms with Gasteiger partial charge >= 0.3 is 0 Å². The van der Waals surface area contributed by atoms with E-state index in [1.165, 1.54) is 23.1 Å². The van der Waals surface area contributed by atoms with E-state index < -0.39 is 9.05 Å². The summed E-state index contributed by atoms with van der Waals surface area (Å²) in [6.45, 7) is 2.37. The first-order valence-electron chi connectivity index (χ1n) is 5.27. The zero-order chi connectivity index (χ0) is 14.6. The number of terminal acetylenes is 1. The molecule has 0 aliphatic carbocycles. The minimum Gasteiger partial charge on any atom is -0.328 e. The first-order chi connectivity index (χ1) is 8.79. The van der Waals surface area contributed by atoms with Crippen LogP contribution >= 0.6 is 26.6 Å². The van der Waals surface area contributed by atoms with Crippen molar-refractivity contribution >= 4 is 41.6 Å². The van der Waals surface area contributed by atoms with Crippen molar-refractivity contribution in [1.82, 2.24) is 4.90 Å². The van der Waals surface area contributed by atoms with E-state index in [2.05, 4.69) is 21.9 Å². The van der Waals surface area contributed by atoms with Crippen molar-refractivity contribution < 1.29 is 13.2 Å². The first kappa shape index (κ1) is 16.0. The second kappa shape index (κ2) is 6.42. The molecule has 1 aromatic rings. The molecule has 0 saturated carbocycles. The molecule has 0 spiro atoms. The lowest BCUT2D eigenvalue weighted by atomic mass is 10.2. The quantitative estimate of drug-likeness (QED) is 0.609. The highest BCUT2D eigenvalue weighted by atomic mass is 79.9. The van der Waals surface area contributed by atoms with Crippen molar-refractivity contribution in [3.63, 3.8) is 0 Å².